The molecule has 3 nitrogen and oxygen atoms in total. The average molecular weight is 247 g/mol. The van der Waals surface area contributed by atoms with Crippen molar-refractivity contribution in [2.45, 2.75) is 32.2 Å². The lowest BCUT2D eigenvalue weighted by molar-refractivity contribution is 0.101. The predicted octanol–water partition coefficient (Wildman–Crippen LogP) is 2.75. The first-order valence-corrected chi connectivity index (χ1v) is 6.61. The fourth-order valence-electron chi connectivity index (χ4n) is 2.35. The molecule has 1 aromatic rings. The normalized spacial score (nSPS) is 20.7. The standard InChI is InChI=1S/C15H21NO2/c1-12(17)13-6-5-8-15(10-13)18-11-14-7-3-4-9-16(14)2/h5-6,8,10,14H,3-4,7,9,11H2,1-2H3. The van der Waals surface area contributed by atoms with Gasteiger partial charge in [0.1, 0.15) is 12.4 Å². The van der Waals surface area contributed by atoms with E-state index in [1.54, 1.807) is 6.92 Å². The monoisotopic (exact) mass is 247 g/mol. The summed E-state index contributed by atoms with van der Waals surface area (Å²) >= 11 is 0. The van der Waals surface area contributed by atoms with Crippen LogP contribution in [0.2, 0.25) is 0 Å². The molecule has 1 saturated heterocycles. The molecular weight excluding hydrogens is 226 g/mol. The molecule has 0 aromatic heterocycles. The van der Waals surface area contributed by atoms with Gasteiger partial charge in [-0.25, -0.2) is 0 Å². The summed E-state index contributed by atoms with van der Waals surface area (Å²) in [5, 5.41) is 0. The Balaban J connectivity index is 1.93. The highest BCUT2D eigenvalue weighted by molar-refractivity contribution is 5.94. The van der Waals surface area contributed by atoms with Gasteiger partial charge in [0.05, 0.1) is 0 Å². The summed E-state index contributed by atoms with van der Waals surface area (Å²) in [5.74, 6) is 0.872. The third-order valence-corrected chi connectivity index (χ3v) is 3.60. The van der Waals surface area contributed by atoms with E-state index < -0.39 is 0 Å². The van der Waals surface area contributed by atoms with Crippen LogP contribution >= 0.6 is 0 Å². The summed E-state index contributed by atoms with van der Waals surface area (Å²) in [6.45, 7) is 3.44. The fraction of sp³-hybridized carbons (Fsp3) is 0.533. The molecule has 0 N–H and O–H groups in total. The first-order chi connectivity index (χ1) is 8.66. The van der Waals surface area contributed by atoms with E-state index in [1.165, 1.54) is 19.3 Å². The Labute approximate surface area is 109 Å². The van der Waals surface area contributed by atoms with Gasteiger partial charge >= 0.3 is 0 Å². The van der Waals surface area contributed by atoms with Crippen LogP contribution in [0.15, 0.2) is 24.3 Å². The highest BCUT2D eigenvalue weighted by atomic mass is 16.5. The van der Waals surface area contributed by atoms with Crippen LogP contribution in [0, 0.1) is 0 Å². The smallest absolute Gasteiger partial charge is 0.159 e. The maximum absolute atomic E-state index is 11.3. The summed E-state index contributed by atoms with van der Waals surface area (Å²) in [6, 6.07) is 7.93. The van der Waals surface area contributed by atoms with E-state index in [0.29, 0.717) is 18.2 Å². The minimum Gasteiger partial charge on any atom is -0.492 e. The molecule has 98 valence electrons. The van der Waals surface area contributed by atoms with Crippen molar-refractivity contribution in [3.63, 3.8) is 0 Å². The summed E-state index contributed by atoms with van der Waals surface area (Å²) in [6.07, 6.45) is 3.77. The van der Waals surface area contributed by atoms with Crippen LogP contribution in [0.4, 0.5) is 0 Å². The fourth-order valence-corrected chi connectivity index (χ4v) is 2.35. The van der Waals surface area contributed by atoms with E-state index in [1.807, 2.05) is 24.3 Å². The van der Waals surface area contributed by atoms with E-state index in [0.717, 1.165) is 12.3 Å². The molecule has 2 rings (SSSR count). The summed E-state index contributed by atoms with van der Waals surface area (Å²) in [7, 11) is 2.15. The van der Waals surface area contributed by atoms with Crippen molar-refractivity contribution in [1.82, 2.24) is 4.90 Å². The van der Waals surface area contributed by atoms with Crippen molar-refractivity contribution in [2.24, 2.45) is 0 Å². The molecule has 1 unspecified atom stereocenters. The van der Waals surface area contributed by atoms with Crippen molar-refractivity contribution in [1.29, 1.82) is 0 Å². The molecule has 1 aromatic carbocycles. The van der Waals surface area contributed by atoms with Gasteiger partial charge in [-0.3, -0.25) is 4.79 Å². The number of carbonyl (C=O) groups is 1. The zero-order valence-corrected chi connectivity index (χ0v) is 11.2. The maximum atomic E-state index is 11.3. The number of likely N-dealkylation sites (N-methyl/N-ethyl adjacent to an activating group) is 1. The number of hydrogen-bond donors (Lipinski definition) is 0. The lowest BCUT2D eigenvalue weighted by Gasteiger charge is -2.32. The summed E-state index contributed by atoms with van der Waals surface area (Å²) < 4.78 is 5.81. The molecule has 0 spiro atoms. The van der Waals surface area contributed by atoms with E-state index in [9.17, 15) is 4.79 Å². The molecule has 0 amide bonds. The topological polar surface area (TPSA) is 29.5 Å². The second kappa shape index (κ2) is 6.01. The minimum atomic E-state index is 0.0789. The number of ketones is 1. The lowest BCUT2D eigenvalue weighted by Crippen LogP contribution is -2.40. The first kappa shape index (κ1) is 13.1. The highest BCUT2D eigenvalue weighted by Gasteiger charge is 2.19. The van der Waals surface area contributed by atoms with Crippen LogP contribution in [0.25, 0.3) is 0 Å². The van der Waals surface area contributed by atoms with Crippen LogP contribution in [0.1, 0.15) is 36.5 Å². The van der Waals surface area contributed by atoms with E-state index in [4.69, 9.17) is 4.74 Å². The summed E-state index contributed by atoms with van der Waals surface area (Å²) in [5.41, 5.74) is 0.712. The van der Waals surface area contributed by atoms with Gasteiger partial charge in [0.2, 0.25) is 0 Å². The molecule has 1 aliphatic rings. The SMILES string of the molecule is CC(=O)c1cccc(OCC2CCCCN2C)c1. The van der Waals surface area contributed by atoms with E-state index in [2.05, 4.69) is 11.9 Å². The predicted molar refractivity (Wildman–Crippen MR) is 72.2 cm³/mol. The number of piperidine rings is 1. The molecular formula is C15H21NO2. The number of carbonyl (C=O) groups excluding carboxylic acids is 1. The molecule has 0 saturated carbocycles. The van der Waals surface area contributed by atoms with Crippen molar-refractivity contribution in [3.05, 3.63) is 29.8 Å². The number of nitrogens with zero attached hydrogens (tertiary/aromatic N) is 1. The molecule has 0 radical (unpaired) electrons. The zero-order chi connectivity index (χ0) is 13.0. The maximum Gasteiger partial charge on any atom is 0.159 e. The van der Waals surface area contributed by atoms with Gasteiger partial charge in [-0.15, -0.1) is 0 Å². The number of likely N-dealkylation sites (tertiary alicyclic amines) is 1. The molecule has 0 aliphatic carbocycles. The van der Waals surface area contributed by atoms with Crippen molar-refractivity contribution >= 4 is 5.78 Å². The largest absolute Gasteiger partial charge is 0.492 e. The Kier molecular flexibility index (Phi) is 4.37. The Morgan fingerprint density at radius 3 is 3.00 bits per heavy atom. The minimum absolute atomic E-state index is 0.0789. The van der Waals surface area contributed by atoms with Gasteiger partial charge in [0, 0.05) is 11.6 Å². The van der Waals surface area contributed by atoms with Gasteiger partial charge < -0.3 is 9.64 Å². The van der Waals surface area contributed by atoms with Crippen LogP contribution in [-0.4, -0.2) is 36.9 Å². The van der Waals surface area contributed by atoms with Crippen molar-refractivity contribution < 1.29 is 9.53 Å². The number of benzene rings is 1. The Bertz CT molecular complexity index is 417. The third kappa shape index (κ3) is 3.33. The molecule has 3 heteroatoms. The Morgan fingerprint density at radius 1 is 1.44 bits per heavy atom. The third-order valence-electron chi connectivity index (χ3n) is 3.60. The van der Waals surface area contributed by atoms with Crippen LogP contribution in [-0.2, 0) is 0 Å². The second-order valence-electron chi connectivity index (χ2n) is 5.03. The van der Waals surface area contributed by atoms with Crippen molar-refractivity contribution in [3.8, 4) is 5.75 Å². The molecule has 1 fully saturated rings. The summed E-state index contributed by atoms with van der Waals surface area (Å²) in [4.78, 5) is 13.7. The molecule has 1 heterocycles. The van der Waals surface area contributed by atoms with E-state index in [-0.39, 0.29) is 5.78 Å². The zero-order valence-electron chi connectivity index (χ0n) is 11.2. The molecule has 18 heavy (non-hydrogen) atoms. The van der Waals surface area contributed by atoms with Crippen molar-refractivity contribution in [2.75, 3.05) is 20.2 Å². The van der Waals surface area contributed by atoms with Gasteiger partial charge in [-0.05, 0) is 45.5 Å². The molecule has 1 aliphatic heterocycles. The molecule has 0 bridgehead atoms. The highest BCUT2D eigenvalue weighted by Crippen LogP contribution is 2.18. The Hall–Kier alpha value is -1.35. The number of Topliss-reactive ketones (excluding diaryl/α,β-unsaturated/α-hetero) is 1. The number of hydrogen-bond acceptors (Lipinski definition) is 3. The van der Waals surface area contributed by atoms with Gasteiger partial charge in [0.25, 0.3) is 0 Å². The van der Waals surface area contributed by atoms with Gasteiger partial charge in [0.15, 0.2) is 5.78 Å². The van der Waals surface area contributed by atoms with Crippen LogP contribution in [0.3, 0.4) is 0 Å². The van der Waals surface area contributed by atoms with Crippen LogP contribution in [0.5, 0.6) is 5.75 Å². The quantitative estimate of drug-likeness (QED) is 0.766. The number of rotatable bonds is 4. The lowest BCUT2D eigenvalue weighted by atomic mass is 10.0. The first-order valence-electron chi connectivity index (χ1n) is 6.61. The Morgan fingerprint density at radius 2 is 2.28 bits per heavy atom. The van der Waals surface area contributed by atoms with Crippen LogP contribution < -0.4 is 4.74 Å². The van der Waals surface area contributed by atoms with Gasteiger partial charge in [-0.1, -0.05) is 18.6 Å². The number of ether oxygens (including phenoxy) is 1. The van der Waals surface area contributed by atoms with Gasteiger partial charge in [-0.2, -0.15) is 0 Å². The van der Waals surface area contributed by atoms with E-state index >= 15 is 0 Å². The average Bonchev–Trinajstić information content (AvgIpc) is 2.38. The molecule has 1 atom stereocenters. The second-order valence-corrected chi connectivity index (χ2v) is 5.03.